The molecule has 4 nitrogen and oxygen atoms in total. The largest absolute Gasteiger partial charge is 0.335 e. The van der Waals surface area contributed by atoms with Gasteiger partial charge < -0.3 is 4.90 Å². The van der Waals surface area contributed by atoms with Gasteiger partial charge in [-0.05, 0) is 41.1 Å². The van der Waals surface area contributed by atoms with Gasteiger partial charge in [-0.1, -0.05) is 24.3 Å². The van der Waals surface area contributed by atoms with E-state index in [1.54, 1.807) is 35.6 Å². The van der Waals surface area contributed by atoms with Gasteiger partial charge in [-0.25, -0.2) is 8.42 Å². The number of thiophene rings is 1. The van der Waals surface area contributed by atoms with Crippen molar-refractivity contribution >= 4 is 32.7 Å². The number of sulfone groups is 1. The van der Waals surface area contributed by atoms with Gasteiger partial charge in [-0.2, -0.15) is 0 Å². The van der Waals surface area contributed by atoms with E-state index in [2.05, 4.69) is 17.5 Å². The van der Waals surface area contributed by atoms with Crippen LogP contribution in [0.4, 0.5) is 0 Å². The van der Waals surface area contributed by atoms with Gasteiger partial charge in [0.25, 0.3) is 5.91 Å². The Hall–Kier alpha value is -1.92. The number of carbonyl (C=O) groups is 1. The van der Waals surface area contributed by atoms with Crippen LogP contribution in [0.25, 0.3) is 5.57 Å². The zero-order valence-corrected chi connectivity index (χ0v) is 15.1. The lowest BCUT2D eigenvalue weighted by atomic mass is 10.1. The molecule has 1 aliphatic rings. The van der Waals surface area contributed by atoms with Crippen molar-refractivity contribution in [2.24, 2.45) is 0 Å². The van der Waals surface area contributed by atoms with E-state index in [9.17, 15) is 13.2 Å². The van der Waals surface area contributed by atoms with E-state index in [1.807, 2.05) is 11.0 Å². The second-order valence-electron chi connectivity index (χ2n) is 5.97. The Balaban J connectivity index is 1.67. The Labute approximate surface area is 146 Å². The van der Waals surface area contributed by atoms with Crippen LogP contribution in [0.2, 0.25) is 0 Å². The maximum atomic E-state index is 12.6. The summed E-state index contributed by atoms with van der Waals surface area (Å²) in [6.07, 6.45) is 4.18. The molecular formula is C18H19NO3S2. The molecular weight excluding hydrogens is 342 g/mol. The number of hydrogen-bond acceptors (Lipinski definition) is 4. The van der Waals surface area contributed by atoms with Crippen molar-refractivity contribution in [2.75, 3.05) is 19.3 Å². The number of amides is 1. The molecule has 24 heavy (non-hydrogen) atoms. The Morgan fingerprint density at radius 2 is 1.96 bits per heavy atom. The summed E-state index contributed by atoms with van der Waals surface area (Å²) in [4.78, 5) is 15.7. The molecule has 1 aromatic heterocycles. The molecule has 0 saturated carbocycles. The zero-order valence-electron chi connectivity index (χ0n) is 13.4. The van der Waals surface area contributed by atoms with Crippen LogP contribution >= 0.6 is 11.3 Å². The molecule has 0 radical (unpaired) electrons. The highest BCUT2D eigenvalue weighted by Crippen LogP contribution is 2.26. The van der Waals surface area contributed by atoms with E-state index in [1.165, 1.54) is 16.7 Å². The smallest absolute Gasteiger partial charge is 0.254 e. The van der Waals surface area contributed by atoms with Gasteiger partial charge in [0.15, 0.2) is 9.84 Å². The van der Waals surface area contributed by atoms with Crippen molar-refractivity contribution in [1.82, 2.24) is 4.90 Å². The molecule has 0 spiro atoms. The van der Waals surface area contributed by atoms with Crippen LogP contribution in [0, 0.1) is 0 Å². The summed E-state index contributed by atoms with van der Waals surface area (Å²) in [5, 5.41) is 2.06. The first-order valence-electron chi connectivity index (χ1n) is 7.71. The zero-order chi connectivity index (χ0) is 17.2. The SMILES string of the molecule is CS(=O)(=O)Cc1ccc(C(=O)N2CC=C(c3cccs3)CC2)cc1. The fourth-order valence-corrected chi connectivity index (χ4v) is 4.36. The molecule has 1 aliphatic heterocycles. The third-order valence-electron chi connectivity index (χ3n) is 3.96. The highest BCUT2D eigenvalue weighted by molar-refractivity contribution is 7.89. The van der Waals surface area contributed by atoms with Crippen LogP contribution in [0.5, 0.6) is 0 Å². The van der Waals surface area contributed by atoms with Gasteiger partial charge in [0.2, 0.25) is 0 Å². The van der Waals surface area contributed by atoms with Crippen LogP contribution < -0.4 is 0 Å². The minimum Gasteiger partial charge on any atom is -0.335 e. The van der Waals surface area contributed by atoms with E-state index in [4.69, 9.17) is 0 Å². The first-order valence-corrected chi connectivity index (χ1v) is 10.7. The summed E-state index contributed by atoms with van der Waals surface area (Å²) in [5.41, 5.74) is 2.60. The quantitative estimate of drug-likeness (QED) is 0.840. The van der Waals surface area contributed by atoms with Crippen LogP contribution in [-0.2, 0) is 15.6 Å². The third kappa shape index (κ3) is 4.13. The van der Waals surface area contributed by atoms with E-state index in [-0.39, 0.29) is 11.7 Å². The monoisotopic (exact) mass is 361 g/mol. The van der Waals surface area contributed by atoms with Crippen LogP contribution in [0.15, 0.2) is 47.9 Å². The summed E-state index contributed by atoms with van der Waals surface area (Å²) in [6.45, 7) is 1.31. The lowest BCUT2D eigenvalue weighted by Gasteiger charge is -2.26. The molecule has 1 amide bonds. The second-order valence-corrected chi connectivity index (χ2v) is 9.06. The summed E-state index contributed by atoms with van der Waals surface area (Å²) in [7, 11) is -3.06. The van der Waals surface area contributed by atoms with Crippen LogP contribution in [-0.4, -0.2) is 38.6 Å². The number of benzene rings is 1. The molecule has 0 fully saturated rings. The maximum absolute atomic E-state index is 12.6. The molecule has 0 bridgehead atoms. The van der Waals surface area contributed by atoms with Crippen molar-refractivity contribution in [2.45, 2.75) is 12.2 Å². The van der Waals surface area contributed by atoms with E-state index < -0.39 is 9.84 Å². The summed E-state index contributed by atoms with van der Waals surface area (Å²) in [6, 6.07) is 11.0. The Kier molecular flexibility index (Phi) is 4.87. The Bertz CT molecular complexity index is 850. The average molecular weight is 361 g/mol. The van der Waals surface area contributed by atoms with Gasteiger partial charge in [-0.15, -0.1) is 11.3 Å². The van der Waals surface area contributed by atoms with Crippen molar-refractivity contribution in [3.8, 4) is 0 Å². The number of rotatable bonds is 4. The highest BCUT2D eigenvalue weighted by atomic mass is 32.2. The molecule has 0 aliphatic carbocycles. The topological polar surface area (TPSA) is 54.5 Å². The van der Waals surface area contributed by atoms with Crippen molar-refractivity contribution in [3.63, 3.8) is 0 Å². The second kappa shape index (κ2) is 6.91. The molecule has 6 heteroatoms. The molecule has 2 heterocycles. The maximum Gasteiger partial charge on any atom is 0.254 e. The molecule has 3 rings (SSSR count). The van der Waals surface area contributed by atoms with Crippen LogP contribution in [0.1, 0.15) is 27.2 Å². The van der Waals surface area contributed by atoms with Crippen molar-refractivity contribution in [1.29, 1.82) is 0 Å². The molecule has 0 saturated heterocycles. The highest BCUT2D eigenvalue weighted by Gasteiger charge is 2.19. The minimum absolute atomic E-state index is 0.00189. The Morgan fingerprint density at radius 1 is 1.21 bits per heavy atom. The average Bonchev–Trinajstić information content (AvgIpc) is 3.08. The number of nitrogens with zero attached hydrogens (tertiary/aromatic N) is 1. The number of carbonyl (C=O) groups excluding carboxylic acids is 1. The molecule has 0 N–H and O–H groups in total. The van der Waals surface area contributed by atoms with Gasteiger partial charge in [0, 0.05) is 29.8 Å². The summed E-state index contributed by atoms with van der Waals surface area (Å²) in [5.74, 6) is -0.0136. The predicted octanol–water partition coefficient (Wildman–Crippen LogP) is 3.22. The van der Waals surface area contributed by atoms with Crippen molar-refractivity contribution < 1.29 is 13.2 Å². The predicted molar refractivity (Wildman–Crippen MR) is 97.8 cm³/mol. The van der Waals surface area contributed by atoms with Crippen molar-refractivity contribution in [3.05, 3.63) is 63.9 Å². The molecule has 1 aromatic carbocycles. The van der Waals surface area contributed by atoms with E-state index >= 15 is 0 Å². The van der Waals surface area contributed by atoms with Crippen LogP contribution in [0.3, 0.4) is 0 Å². The van der Waals surface area contributed by atoms with Gasteiger partial charge in [0.05, 0.1) is 5.75 Å². The lowest BCUT2D eigenvalue weighted by molar-refractivity contribution is 0.0773. The summed E-state index contributed by atoms with van der Waals surface area (Å²) < 4.78 is 22.6. The van der Waals surface area contributed by atoms with E-state index in [0.717, 1.165) is 6.42 Å². The molecule has 126 valence electrons. The minimum atomic E-state index is -3.06. The molecule has 2 aromatic rings. The number of hydrogen-bond donors (Lipinski definition) is 0. The van der Waals surface area contributed by atoms with E-state index in [0.29, 0.717) is 24.2 Å². The van der Waals surface area contributed by atoms with Gasteiger partial charge >= 0.3 is 0 Å². The third-order valence-corrected chi connectivity index (χ3v) is 5.77. The molecule has 0 atom stereocenters. The lowest BCUT2D eigenvalue weighted by Crippen LogP contribution is -2.34. The van der Waals surface area contributed by atoms with Gasteiger partial charge in [0.1, 0.15) is 0 Å². The fraction of sp³-hybridized carbons (Fsp3) is 0.278. The fourth-order valence-electron chi connectivity index (χ4n) is 2.77. The summed E-state index contributed by atoms with van der Waals surface area (Å²) >= 11 is 1.72. The normalized spacial score (nSPS) is 15.2. The first kappa shape index (κ1) is 16.9. The molecule has 0 unspecified atom stereocenters. The van der Waals surface area contributed by atoms with Gasteiger partial charge in [-0.3, -0.25) is 4.79 Å². The Morgan fingerprint density at radius 3 is 2.50 bits per heavy atom. The standard InChI is InChI=1S/C18H19NO3S2/c1-24(21,22)13-14-4-6-16(7-5-14)18(20)19-10-8-15(9-11-19)17-3-2-12-23-17/h2-8,12H,9-11,13H2,1H3. The first-order chi connectivity index (χ1) is 11.4.